The number of rotatable bonds is 4. The Morgan fingerprint density at radius 1 is 1.12 bits per heavy atom. The maximum absolute atomic E-state index is 13.3. The van der Waals surface area contributed by atoms with E-state index in [4.69, 9.17) is 10.5 Å². The standard InChI is InChI=1S/C21H26FN3O/c1-15-11-16(2)13-19(12-15)25-20(23)24-14-21(7-9-26-10-8-21)17-3-5-18(22)6-4-17/h3-6,11-13H,7-10,14H2,1-2H3,(H3,23,24,25). The molecule has 3 rings (SSSR count). The van der Waals surface area contributed by atoms with Crippen LogP contribution in [0.25, 0.3) is 0 Å². The number of guanidine groups is 1. The van der Waals surface area contributed by atoms with Gasteiger partial charge in [-0.25, -0.2) is 4.39 Å². The zero-order valence-corrected chi connectivity index (χ0v) is 15.4. The lowest BCUT2D eigenvalue weighted by molar-refractivity contribution is 0.0531. The van der Waals surface area contributed by atoms with Crippen LogP contribution in [-0.4, -0.2) is 25.7 Å². The van der Waals surface area contributed by atoms with Crippen LogP contribution in [0.2, 0.25) is 0 Å². The van der Waals surface area contributed by atoms with Gasteiger partial charge in [-0.1, -0.05) is 18.2 Å². The Labute approximate surface area is 154 Å². The van der Waals surface area contributed by atoms with E-state index in [1.165, 1.54) is 23.3 Å². The molecule has 26 heavy (non-hydrogen) atoms. The third kappa shape index (κ3) is 4.41. The first-order valence-electron chi connectivity index (χ1n) is 8.96. The van der Waals surface area contributed by atoms with Gasteiger partial charge < -0.3 is 15.8 Å². The largest absolute Gasteiger partial charge is 0.381 e. The summed E-state index contributed by atoms with van der Waals surface area (Å²) in [5, 5.41) is 3.18. The van der Waals surface area contributed by atoms with Crippen LogP contribution in [0.3, 0.4) is 0 Å². The third-order valence-electron chi connectivity index (χ3n) is 4.95. The van der Waals surface area contributed by atoms with Crippen LogP contribution >= 0.6 is 0 Å². The van der Waals surface area contributed by atoms with Crippen LogP contribution in [0, 0.1) is 19.7 Å². The van der Waals surface area contributed by atoms with Gasteiger partial charge in [-0.05, 0) is 67.6 Å². The quantitative estimate of drug-likeness (QED) is 0.646. The number of nitrogens with zero attached hydrogens (tertiary/aromatic N) is 1. The highest BCUT2D eigenvalue weighted by atomic mass is 19.1. The Hall–Kier alpha value is -2.40. The van der Waals surface area contributed by atoms with E-state index in [0.29, 0.717) is 25.7 Å². The fraction of sp³-hybridized carbons (Fsp3) is 0.381. The van der Waals surface area contributed by atoms with E-state index < -0.39 is 0 Å². The van der Waals surface area contributed by atoms with Crippen molar-refractivity contribution in [2.45, 2.75) is 32.1 Å². The predicted octanol–water partition coefficient (Wildman–Crippen LogP) is 3.92. The van der Waals surface area contributed by atoms with Crippen molar-refractivity contribution in [1.29, 1.82) is 0 Å². The average Bonchev–Trinajstić information content (AvgIpc) is 2.60. The zero-order valence-electron chi connectivity index (χ0n) is 15.4. The molecule has 0 unspecified atom stereocenters. The van der Waals surface area contributed by atoms with E-state index in [0.717, 1.165) is 24.1 Å². The number of nitrogens with two attached hydrogens (primary N) is 1. The number of hydrogen-bond donors (Lipinski definition) is 2. The Morgan fingerprint density at radius 2 is 1.73 bits per heavy atom. The second-order valence-electron chi connectivity index (χ2n) is 7.10. The molecular formula is C21H26FN3O. The molecule has 2 aromatic rings. The molecule has 138 valence electrons. The van der Waals surface area contributed by atoms with Crippen LogP contribution in [-0.2, 0) is 10.2 Å². The number of nitrogens with one attached hydrogen (secondary N) is 1. The number of ether oxygens (including phenoxy) is 1. The monoisotopic (exact) mass is 355 g/mol. The van der Waals surface area contributed by atoms with Gasteiger partial charge in [0.2, 0.25) is 0 Å². The van der Waals surface area contributed by atoms with Crippen molar-refractivity contribution in [2.75, 3.05) is 25.1 Å². The van der Waals surface area contributed by atoms with E-state index in [-0.39, 0.29) is 11.2 Å². The molecule has 0 bridgehead atoms. The Balaban J connectivity index is 1.78. The fourth-order valence-corrected chi connectivity index (χ4v) is 3.57. The molecule has 1 aliphatic rings. The fourth-order valence-electron chi connectivity index (χ4n) is 3.57. The topological polar surface area (TPSA) is 59.6 Å². The molecule has 2 aromatic carbocycles. The number of benzene rings is 2. The zero-order chi connectivity index (χ0) is 18.6. The molecule has 0 amide bonds. The lowest BCUT2D eigenvalue weighted by Gasteiger charge is -2.36. The normalized spacial score (nSPS) is 17.1. The van der Waals surface area contributed by atoms with Crippen LogP contribution in [0.1, 0.15) is 29.5 Å². The average molecular weight is 355 g/mol. The van der Waals surface area contributed by atoms with Gasteiger partial charge in [0.05, 0.1) is 6.54 Å². The van der Waals surface area contributed by atoms with E-state index in [1.807, 2.05) is 24.3 Å². The number of aryl methyl sites for hydroxylation is 2. The molecule has 0 atom stereocenters. The van der Waals surface area contributed by atoms with E-state index in [1.54, 1.807) is 0 Å². The molecule has 0 aromatic heterocycles. The minimum atomic E-state index is -0.226. The van der Waals surface area contributed by atoms with Gasteiger partial charge >= 0.3 is 0 Å². The number of anilines is 1. The van der Waals surface area contributed by atoms with E-state index in [9.17, 15) is 4.39 Å². The van der Waals surface area contributed by atoms with Gasteiger partial charge in [0.25, 0.3) is 0 Å². The van der Waals surface area contributed by atoms with Crippen molar-refractivity contribution in [2.24, 2.45) is 10.7 Å². The Morgan fingerprint density at radius 3 is 2.35 bits per heavy atom. The SMILES string of the molecule is Cc1cc(C)cc(NC(N)=NCC2(c3ccc(F)cc3)CCOCC2)c1. The highest BCUT2D eigenvalue weighted by Crippen LogP contribution is 2.35. The van der Waals surface area contributed by atoms with Crippen LogP contribution in [0.4, 0.5) is 10.1 Å². The maximum Gasteiger partial charge on any atom is 0.193 e. The first-order chi connectivity index (χ1) is 12.5. The molecule has 0 spiro atoms. The number of aliphatic imine (C=N–C) groups is 1. The predicted molar refractivity (Wildman–Crippen MR) is 104 cm³/mol. The second-order valence-corrected chi connectivity index (χ2v) is 7.10. The van der Waals surface area contributed by atoms with Crippen molar-refractivity contribution in [3.05, 3.63) is 65.0 Å². The van der Waals surface area contributed by atoms with E-state index in [2.05, 4.69) is 30.2 Å². The second kappa shape index (κ2) is 7.87. The summed E-state index contributed by atoms with van der Waals surface area (Å²) >= 11 is 0. The molecular weight excluding hydrogens is 329 g/mol. The van der Waals surface area contributed by atoms with Crippen molar-refractivity contribution in [3.8, 4) is 0 Å². The summed E-state index contributed by atoms with van der Waals surface area (Å²) in [5.41, 5.74) is 10.3. The summed E-state index contributed by atoms with van der Waals surface area (Å²) in [7, 11) is 0. The molecule has 0 saturated carbocycles. The molecule has 1 fully saturated rings. The summed E-state index contributed by atoms with van der Waals surface area (Å²) in [6.07, 6.45) is 1.69. The molecule has 0 aliphatic carbocycles. The summed E-state index contributed by atoms with van der Waals surface area (Å²) in [4.78, 5) is 4.61. The van der Waals surface area contributed by atoms with Crippen molar-refractivity contribution in [3.63, 3.8) is 0 Å². The van der Waals surface area contributed by atoms with E-state index >= 15 is 0 Å². The van der Waals surface area contributed by atoms with Gasteiger partial charge in [-0.3, -0.25) is 4.99 Å². The molecule has 1 aliphatic heterocycles. The molecule has 1 saturated heterocycles. The van der Waals surface area contributed by atoms with Crippen molar-refractivity contribution < 1.29 is 9.13 Å². The highest BCUT2D eigenvalue weighted by Gasteiger charge is 2.34. The van der Waals surface area contributed by atoms with Crippen molar-refractivity contribution in [1.82, 2.24) is 0 Å². The molecule has 1 heterocycles. The molecule has 3 N–H and O–H groups in total. The van der Waals surface area contributed by atoms with Gasteiger partial charge in [0, 0.05) is 24.3 Å². The van der Waals surface area contributed by atoms with Gasteiger partial charge in [-0.2, -0.15) is 0 Å². The van der Waals surface area contributed by atoms with Gasteiger partial charge in [0.15, 0.2) is 5.96 Å². The maximum atomic E-state index is 13.3. The van der Waals surface area contributed by atoms with Crippen LogP contribution in [0.5, 0.6) is 0 Å². The first kappa shape index (κ1) is 18.4. The Kier molecular flexibility index (Phi) is 5.57. The summed E-state index contributed by atoms with van der Waals surface area (Å²) < 4.78 is 18.8. The minimum Gasteiger partial charge on any atom is -0.381 e. The molecule has 0 radical (unpaired) electrons. The lowest BCUT2D eigenvalue weighted by atomic mass is 9.74. The number of halogens is 1. The summed E-state index contributed by atoms with van der Waals surface area (Å²) in [6.45, 7) is 6.01. The Bertz CT molecular complexity index is 760. The number of hydrogen-bond acceptors (Lipinski definition) is 2. The van der Waals surface area contributed by atoms with Crippen molar-refractivity contribution >= 4 is 11.6 Å². The molecule has 5 heteroatoms. The summed E-state index contributed by atoms with van der Waals surface area (Å²) in [5.74, 6) is 0.165. The first-order valence-corrected chi connectivity index (χ1v) is 8.96. The lowest BCUT2D eigenvalue weighted by Crippen LogP contribution is -2.38. The molecule has 4 nitrogen and oxygen atoms in total. The van der Waals surface area contributed by atoms with Crippen LogP contribution in [0.15, 0.2) is 47.5 Å². The smallest absolute Gasteiger partial charge is 0.193 e. The van der Waals surface area contributed by atoms with Crippen LogP contribution < -0.4 is 11.1 Å². The summed E-state index contributed by atoms with van der Waals surface area (Å²) in [6, 6.07) is 12.9. The highest BCUT2D eigenvalue weighted by molar-refractivity contribution is 5.92. The third-order valence-corrected chi connectivity index (χ3v) is 4.95. The van der Waals surface area contributed by atoms with Gasteiger partial charge in [-0.15, -0.1) is 0 Å². The van der Waals surface area contributed by atoms with Gasteiger partial charge in [0.1, 0.15) is 5.82 Å². The minimum absolute atomic E-state index is 0.166.